The topological polar surface area (TPSA) is 12.0 Å². The van der Waals surface area contributed by atoms with E-state index < -0.39 is 0 Å². The van der Waals surface area contributed by atoms with Gasteiger partial charge in [0.25, 0.3) is 0 Å². The van der Waals surface area contributed by atoms with Crippen molar-refractivity contribution in [2.75, 3.05) is 7.05 Å². The maximum absolute atomic E-state index is 3.00. The van der Waals surface area contributed by atoms with E-state index in [0.717, 1.165) is 0 Å². The lowest BCUT2D eigenvalue weighted by Gasteiger charge is -1.91. The molecule has 0 spiro atoms. The van der Waals surface area contributed by atoms with Crippen molar-refractivity contribution >= 4 is 0 Å². The van der Waals surface area contributed by atoms with Crippen molar-refractivity contribution in [1.29, 1.82) is 0 Å². The molecule has 0 aromatic rings. The molecule has 0 saturated heterocycles. The molecule has 0 aromatic carbocycles. The van der Waals surface area contributed by atoms with Gasteiger partial charge in [-0.2, -0.15) is 0 Å². The van der Waals surface area contributed by atoms with Gasteiger partial charge in [-0.05, 0) is 13.8 Å². The predicted octanol–water partition coefficient (Wildman–Crippen LogP) is 1.93. The summed E-state index contributed by atoms with van der Waals surface area (Å²) in [6.07, 6.45) is 2.03. The molecule has 0 aromatic heterocycles. The van der Waals surface area contributed by atoms with Crippen molar-refractivity contribution in [2.45, 2.75) is 13.8 Å². The van der Waals surface area contributed by atoms with Crippen LogP contribution in [0.3, 0.4) is 0 Å². The predicted molar refractivity (Wildman–Crippen MR) is 39.7 cm³/mol. The lowest BCUT2D eigenvalue weighted by atomic mass is 10.5. The summed E-state index contributed by atoms with van der Waals surface area (Å²) in [7, 11) is 1.91. The summed E-state index contributed by atoms with van der Waals surface area (Å²) >= 11 is 0. The van der Waals surface area contributed by atoms with Crippen molar-refractivity contribution in [3.8, 4) is 0 Å². The number of rotatable bonds is 1. The molecule has 0 radical (unpaired) electrons. The van der Waals surface area contributed by atoms with E-state index in [1.165, 1.54) is 5.70 Å². The highest BCUT2D eigenvalue weighted by atomic mass is 14.8. The molecule has 1 N–H and O–H groups in total. The Morgan fingerprint density at radius 3 is 1.88 bits per heavy atom. The molecule has 0 aliphatic carbocycles. The van der Waals surface area contributed by atoms with Crippen molar-refractivity contribution in [3.63, 3.8) is 0 Å². The molecule has 1 heteroatoms. The summed E-state index contributed by atoms with van der Waals surface area (Å²) in [6, 6.07) is 0. The molecule has 48 valence electrons. The fourth-order valence-electron chi connectivity index (χ4n) is 0.144. The number of hydrogen-bond donors (Lipinski definition) is 1. The SMILES string of the molecule is C/C=C(/C)NC.C=C. The van der Waals surface area contributed by atoms with Crippen LogP contribution in [0, 0.1) is 0 Å². The molecule has 0 rings (SSSR count). The average molecular weight is 113 g/mol. The lowest BCUT2D eigenvalue weighted by Crippen LogP contribution is -1.99. The first-order valence-electron chi connectivity index (χ1n) is 2.62. The first-order chi connectivity index (χ1) is 3.81. The van der Waals surface area contributed by atoms with Crippen LogP contribution in [0.5, 0.6) is 0 Å². The molecule has 0 unspecified atom stereocenters. The molecular weight excluding hydrogens is 98.1 g/mol. The van der Waals surface area contributed by atoms with Crippen LogP contribution in [-0.4, -0.2) is 7.05 Å². The molecule has 0 fully saturated rings. The van der Waals surface area contributed by atoms with Crippen molar-refractivity contribution < 1.29 is 0 Å². The van der Waals surface area contributed by atoms with E-state index in [1.807, 2.05) is 27.0 Å². The van der Waals surface area contributed by atoms with Gasteiger partial charge in [-0.15, -0.1) is 13.2 Å². The summed E-state index contributed by atoms with van der Waals surface area (Å²) in [5.74, 6) is 0. The number of hydrogen-bond acceptors (Lipinski definition) is 1. The van der Waals surface area contributed by atoms with Crippen LogP contribution < -0.4 is 5.32 Å². The van der Waals surface area contributed by atoms with E-state index in [-0.39, 0.29) is 0 Å². The minimum atomic E-state index is 1.22. The van der Waals surface area contributed by atoms with E-state index in [4.69, 9.17) is 0 Å². The van der Waals surface area contributed by atoms with Gasteiger partial charge in [-0.25, -0.2) is 0 Å². The van der Waals surface area contributed by atoms with E-state index in [9.17, 15) is 0 Å². The second-order valence-electron chi connectivity index (χ2n) is 1.22. The standard InChI is InChI=1S/C5H11N.C2H4/c1-4-5(2)6-3;1-2/h4,6H,1-3H3;1-2H2/b5-4-;. The van der Waals surface area contributed by atoms with Gasteiger partial charge in [0.15, 0.2) is 0 Å². The number of allylic oxidation sites excluding steroid dienone is 2. The zero-order valence-corrected chi connectivity index (χ0v) is 5.99. The van der Waals surface area contributed by atoms with Gasteiger partial charge >= 0.3 is 0 Å². The summed E-state index contributed by atoms with van der Waals surface area (Å²) in [4.78, 5) is 0. The van der Waals surface area contributed by atoms with Crippen molar-refractivity contribution in [1.82, 2.24) is 5.32 Å². The highest BCUT2D eigenvalue weighted by molar-refractivity contribution is 4.90. The Hall–Kier alpha value is -0.720. The van der Waals surface area contributed by atoms with Gasteiger partial charge in [0.2, 0.25) is 0 Å². The minimum Gasteiger partial charge on any atom is -0.392 e. The Kier molecular flexibility index (Phi) is 12.3. The summed E-state index contributed by atoms with van der Waals surface area (Å²) in [5, 5.41) is 2.98. The Morgan fingerprint density at radius 2 is 1.88 bits per heavy atom. The molecule has 0 aliphatic heterocycles. The van der Waals surface area contributed by atoms with Gasteiger partial charge in [0.1, 0.15) is 0 Å². The Morgan fingerprint density at radius 1 is 1.50 bits per heavy atom. The van der Waals surface area contributed by atoms with Crippen LogP contribution in [0.25, 0.3) is 0 Å². The van der Waals surface area contributed by atoms with Crippen LogP contribution in [0.1, 0.15) is 13.8 Å². The van der Waals surface area contributed by atoms with Crippen LogP contribution in [0.4, 0.5) is 0 Å². The van der Waals surface area contributed by atoms with E-state index in [1.54, 1.807) is 0 Å². The second kappa shape index (κ2) is 9.56. The van der Waals surface area contributed by atoms with Gasteiger partial charge in [0, 0.05) is 12.7 Å². The monoisotopic (exact) mass is 113 g/mol. The van der Waals surface area contributed by atoms with Crippen molar-refractivity contribution in [2.24, 2.45) is 0 Å². The maximum atomic E-state index is 3.00. The maximum Gasteiger partial charge on any atom is 0.00300 e. The smallest absolute Gasteiger partial charge is 0.00300 e. The third-order valence-corrected chi connectivity index (χ3v) is 0.827. The molecule has 0 atom stereocenters. The molecule has 0 bridgehead atoms. The van der Waals surface area contributed by atoms with Crippen LogP contribution >= 0.6 is 0 Å². The Labute approximate surface area is 52.1 Å². The molecule has 8 heavy (non-hydrogen) atoms. The molecule has 0 heterocycles. The quantitative estimate of drug-likeness (QED) is 0.512. The van der Waals surface area contributed by atoms with E-state index >= 15 is 0 Å². The largest absolute Gasteiger partial charge is 0.392 e. The van der Waals surface area contributed by atoms with E-state index in [0.29, 0.717) is 0 Å². The molecule has 0 saturated carbocycles. The highest BCUT2D eigenvalue weighted by Gasteiger charge is 1.69. The fourth-order valence-corrected chi connectivity index (χ4v) is 0.144. The van der Waals surface area contributed by atoms with Gasteiger partial charge in [-0.3, -0.25) is 0 Å². The summed E-state index contributed by atoms with van der Waals surface area (Å²) < 4.78 is 0. The van der Waals surface area contributed by atoms with Crippen LogP contribution in [0.2, 0.25) is 0 Å². The van der Waals surface area contributed by atoms with Crippen LogP contribution in [-0.2, 0) is 0 Å². The second-order valence-corrected chi connectivity index (χ2v) is 1.22. The van der Waals surface area contributed by atoms with Gasteiger partial charge in [0.05, 0.1) is 0 Å². The summed E-state index contributed by atoms with van der Waals surface area (Å²) in [6.45, 7) is 10.0. The Balaban J connectivity index is 0. The molecule has 1 nitrogen and oxygen atoms in total. The zero-order chi connectivity index (χ0) is 6.99. The third-order valence-electron chi connectivity index (χ3n) is 0.827. The van der Waals surface area contributed by atoms with Gasteiger partial charge < -0.3 is 5.32 Å². The summed E-state index contributed by atoms with van der Waals surface area (Å²) in [5.41, 5.74) is 1.22. The van der Waals surface area contributed by atoms with Gasteiger partial charge in [-0.1, -0.05) is 6.08 Å². The highest BCUT2D eigenvalue weighted by Crippen LogP contribution is 1.78. The molecule has 0 aliphatic rings. The fraction of sp³-hybridized carbons (Fsp3) is 0.429. The first kappa shape index (κ1) is 10.3. The van der Waals surface area contributed by atoms with Crippen molar-refractivity contribution in [3.05, 3.63) is 24.9 Å². The van der Waals surface area contributed by atoms with E-state index in [2.05, 4.69) is 18.5 Å². The molecular formula is C7H15N. The minimum absolute atomic E-state index is 1.22. The average Bonchev–Trinajstić information content (AvgIpc) is 1.91. The lowest BCUT2D eigenvalue weighted by molar-refractivity contribution is 0.985. The third kappa shape index (κ3) is 8.99. The Bertz CT molecular complexity index is 64.8. The first-order valence-corrected chi connectivity index (χ1v) is 2.62. The number of nitrogens with one attached hydrogen (secondary N) is 1. The molecule has 0 amide bonds. The zero-order valence-electron chi connectivity index (χ0n) is 5.99. The van der Waals surface area contributed by atoms with Crippen LogP contribution in [0.15, 0.2) is 24.9 Å². The normalized spacial score (nSPS) is 9.12.